The number of ether oxygens (including phenoxy) is 2. The Morgan fingerprint density at radius 2 is 1.74 bits per heavy atom. The Hall–Kier alpha value is -1.16. The molecule has 0 aromatic heterocycles. The number of carbonyl (C=O) groups excluding carboxylic acids is 1. The molecule has 31 heavy (non-hydrogen) atoms. The summed E-state index contributed by atoms with van der Waals surface area (Å²) < 4.78 is 12.2. The molecule has 4 aliphatic carbocycles. The topological polar surface area (TPSA) is 35.5 Å². The molecule has 0 amide bonds. The van der Waals surface area contributed by atoms with Crippen molar-refractivity contribution in [2.75, 3.05) is 5.75 Å². The van der Waals surface area contributed by atoms with Crippen LogP contribution in [0.2, 0.25) is 0 Å². The largest absolute Gasteiger partial charge is 0.490 e. The third kappa shape index (κ3) is 3.52. The van der Waals surface area contributed by atoms with Crippen LogP contribution in [0.4, 0.5) is 0 Å². The molecular formula is C27H38O3S. The van der Waals surface area contributed by atoms with Crippen molar-refractivity contribution in [3.05, 3.63) is 24.3 Å². The van der Waals surface area contributed by atoms with Gasteiger partial charge in [-0.3, -0.25) is 4.79 Å². The highest BCUT2D eigenvalue weighted by atomic mass is 32.2. The van der Waals surface area contributed by atoms with Crippen LogP contribution in [0, 0.1) is 40.9 Å². The second kappa shape index (κ2) is 7.71. The maximum atomic E-state index is 12.8. The molecule has 4 heteroatoms. The molecule has 0 heterocycles. The minimum absolute atomic E-state index is 0.0301. The molecule has 0 saturated heterocycles. The number of esters is 1. The molecule has 0 N–H and O–H groups in total. The van der Waals surface area contributed by atoms with E-state index in [2.05, 4.69) is 46.8 Å². The lowest BCUT2D eigenvalue weighted by Crippen LogP contribution is -2.53. The molecule has 5 rings (SSSR count). The summed E-state index contributed by atoms with van der Waals surface area (Å²) in [5.74, 6) is 6.67. The molecule has 0 aliphatic heterocycles. The summed E-state index contributed by atoms with van der Waals surface area (Å²) in [6.45, 7) is 10.8. The molecule has 1 aromatic carbocycles. The quantitative estimate of drug-likeness (QED) is 0.319. The van der Waals surface area contributed by atoms with Crippen LogP contribution in [0.3, 0.4) is 0 Å². The molecular weight excluding hydrogens is 404 g/mol. The monoisotopic (exact) mass is 442 g/mol. The average molecular weight is 443 g/mol. The van der Waals surface area contributed by atoms with Gasteiger partial charge in [-0.05, 0) is 106 Å². The highest BCUT2D eigenvalue weighted by molar-refractivity contribution is 7.99. The van der Waals surface area contributed by atoms with E-state index in [0.717, 1.165) is 41.1 Å². The van der Waals surface area contributed by atoms with Crippen molar-refractivity contribution in [1.82, 2.24) is 0 Å². The van der Waals surface area contributed by atoms with Gasteiger partial charge in [0.05, 0.1) is 12.5 Å². The van der Waals surface area contributed by atoms with Crippen molar-refractivity contribution < 1.29 is 14.3 Å². The SMILES string of the molecule is CC(C)C(C)Oc1ccc(SCCC(=O)OC(C)(C)C23CC4CC5CC(C2)C4C53)cc1. The zero-order chi connectivity index (χ0) is 22.0. The van der Waals surface area contributed by atoms with Gasteiger partial charge in [-0.15, -0.1) is 11.8 Å². The highest BCUT2D eigenvalue weighted by Crippen LogP contribution is 2.80. The Morgan fingerprint density at radius 1 is 1.10 bits per heavy atom. The lowest BCUT2D eigenvalue weighted by Gasteiger charge is -2.53. The standard InChI is InChI=1S/C27H38O3S/c1-16(2)17(3)29-21-6-8-22(9-7-21)31-11-10-23(28)30-26(4,5)27-14-19-12-18-13-20(15-27)24(19)25(18)27/h6-9,16-20,24-25H,10-15H2,1-5H3. The van der Waals surface area contributed by atoms with Gasteiger partial charge in [-0.2, -0.15) is 0 Å². The molecule has 6 bridgehead atoms. The number of hydrogen-bond donors (Lipinski definition) is 0. The van der Waals surface area contributed by atoms with E-state index >= 15 is 0 Å². The van der Waals surface area contributed by atoms with Crippen LogP contribution >= 0.6 is 11.8 Å². The van der Waals surface area contributed by atoms with Crippen LogP contribution in [0.25, 0.3) is 0 Å². The molecule has 0 radical (unpaired) electrons. The van der Waals surface area contributed by atoms with Gasteiger partial charge in [0.1, 0.15) is 11.4 Å². The van der Waals surface area contributed by atoms with Gasteiger partial charge >= 0.3 is 5.97 Å². The average Bonchev–Trinajstić information content (AvgIpc) is 3.42. The Kier molecular flexibility index (Phi) is 5.39. The normalized spacial score (nSPS) is 35.9. The van der Waals surface area contributed by atoms with Crippen molar-refractivity contribution in [2.45, 2.75) is 83.3 Å². The van der Waals surface area contributed by atoms with Crippen LogP contribution in [0.15, 0.2) is 29.2 Å². The third-order valence-electron chi connectivity index (χ3n) is 9.34. The molecule has 1 aromatic rings. The predicted octanol–water partition coefficient (Wildman–Crippen LogP) is 6.60. The van der Waals surface area contributed by atoms with Crippen LogP contribution in [0.5, 0.6) is 5.75 Å². The summed E-state index contributed by atoms with van der Waals surface area (Å²) in [4.78, 5) is 13.9. The van der Waals surface area contributed by atoms with E-state index in [4.69, 9.17) is 9.47 Å². The molecule has 4 atom stereocenters. The number of thioether (sulfide) groups is 1. The molecule has 4 fully saturated rings. The lowest BCUT2D eigenvalue weighted by atomic mass is 9.55. The summed E-state index contributed by atoms with van der Waals surface area (Å²) >= 11 is 1.72. The Labute approximate surface area is 192 Å². The fourth-order valence-corrected chi connectivity index (χ4v) is 8.70. The zero-order valence-electron chi connectivity index (χ0n) is 19.7. The van der Waals surface area contributed by atoms with Crippen molar-refractivity contribution >= 4 is 17.7 Å². The molecule has 170 valence electrons. The number of hydrogen-bond acceptors (Lipinski definition) is 4. The van der Waals surface area contributed by atoms with Crippen LogP contribution in [0.1, 0.15) is 66.7 Å². The summed E-state index contributed by atoms with van der Waals surface area (Å²) in [5.41, 5.74) is -0.0632. The van der Waals surface area contributed by atoms with Crippen molar-refractivity contribution in [3.8, 4) is 5.75 Å². The van der Waals surface area contributed by atoms with Gasteiger partial charge in [0.2, 0.25) is 0 Å². The van der Waals surface area contributed by atoms with E-state index in [1.54, 1.807) is 11.8 Å². The molecule has 0 spiro atoms. The Morgan fingerprint density at radius 3 is 2.29 bits per heavy atom. The second-order valence-electron chi connectivity index (χ2n) is 11.5. The van der Waals surface area contributed by atoms with Crippen LogP contribution < -0.4 is 4.74 Å². The smallest absolute Gasteiger partial charge is 0.307 e. The maximum absolute atomic E-state index is 12.8. The second-order valence-corrected chi connectivity index (χ2v) is 12.7. The Balaban J connectivity index is 1.11. The third-order valence-corrected chi connectivity index (χ3v) is 10.4. The van der Waals surface area contributed by atoms with E-state index in [9.17, 15) is 4.79 Å². The van der Waals surface area contributed by atoms with E-state index in [0.29, 0.717) is 12.3 Å². The van der Waals surface area contributed by atoms with Crippen LogP contribution in [-0.2, 0) is 9.53 Å². The molecule has 4 aliphatic rings. The van der Waals surface area contributed by atoms with E-state index in [-0.39, 0.29) is 23.1 Å². The van der Waals surface area contributed by atoms with Gasteiger partial charge in [0.25, 0.3) is 0 Å². The van der Waals surface area contributed by atoms with E-state index in [1.807, 2.05) is 12.1 Å². The minimum Gasteiger partial charge on any atom is -0.490 e. The van der Waals surface area contributed by atoms with Gasteiger partial charge in [0.15, 0.2) is 0 Å². The van der Waals surface area contributed by atoms with Gasteiger partial charge < -0.3 is 9.47 Å². The Bertz CT molecular complexity index is 813. The van der Waals surface area contributed by atoms with Crippen molar-refractivity contribution in [3.63, 3.8) is 0 Å². The number of benzene rings is 1. The highest BCUT2D eigenvalue weighted by Gasteiger charge is 2.76. The summed E-state index contributed by atoms with van der Waals surface area (Å²) in [6, 6.07) is 8.22. The van der Waals surface area contributed by atoms with Crippen molar-refractivity contribution in [2.24, 2.45) is 40.9 Å². The van der Waals surface area contributed by atoms with Gasteiger partial charge in [0, 0.05) is 16.1 Å². The molecule has 4 unspecified atom stereocenters. The number of carbonyl (C=O) groups is 1. The van der Waals surface area contributed by atoms with Gasteiger partial charge in [-0.25, -0.2) is 0 Å². The maximum Gasteiger partial charge on any atom is 0.307 e. The van der Waals surface area contributed by atoms with Crippen molar-refractivity contribution in [1.29, 1.82) is 0 Å². The minimum atomic E-state index is -0.327. The van der Waals surface area contributed by atoms with Gasteiger partial charge in [-0.1, -0.05) is 13.8 Å². The van der Waals surface area contributed by atoms with E-state index in [1.165, 1.54) is 30.6 Å². The number of rotatable bonds is 9. The first-order valence-corrected chi connectivity index (χ1v) is 13.3. The first-order valence-electron chi connectivity index (χ1n) is 12.3. The molecule has 4 saturated carbocycles. The zero-order valence-corrected chi connectivity index (χ0v) is 20.5. The predicted molar refractivity (Wildman–Crippen MR) is 125 cm³/mol. The fourth-order valence-electron chi connectivity index (χ4n) is 7.86. The molecule has 3 nitrogen and oxygen atoms in total. The summed E-state index contributed by atoms with van der Waals surface area (Å²) in [5, 5.41) is 0. The van der Waals surface area contributed by atoms with Crippen LogP contribution in [-0.4, -0.2) is 23.4 Å². The summed E-state index contributed by atoms with van der Waals surface area (Å²) in [7, 11) is 0. The first-order chi connectivity index (χ1) is 14.7. The first kappa shape index (κ1) is 21.7. The van der Waals surface area contributed by atoms with E-state index < -0.39 is 0 Å². The summed E-state index contributed by atoms with van der Waals surface area (Å²) in [6.07, 6.45) is 6.18. The lowest BCUT2D eigenvalue weighted by molar-refractivity contribution is -0.182. The fraction of sp³-hybridized carbons (Fsp3) is 0.741.